The molecule has 1 atom stereocenters. The Morgan fingerprint density at radius 3 is 2.22 bits per heavy atom. The average molecular weight is 526 g/mol. The Labute approximate surface area is 217 Å². The predicted octanol–water partition coefficient (Wildman–Crippen LogP) is 4.07. The topological polar surface area (TPSA) is 114 Å². The number of benzene rings is 3. The first kappa shape index (κ1) is 27.5. The molecule has 0 saturated heterocycles. The third kappa shape index (κ3) is 6.59. The van der Waals surface area contributed by atoms with Crippen LogP contribution in [0.15, 0.2) is 77.7 Å². The van der Waals surface area contributed by atoms with Crippen LogP contribution in [0.25, 0.3) is 0 Å². The average Bonchev–Trinajstić information content (AvgIpc) is 2.91. The molecule has 0 radical (unpaired) electrons. The first-order valence-electron chi connectivity index (χ1n) is 11.7. The summed E-state index contributed by atoms with van der Waals surface area (Å²) >= 11 is 0. The van der Waals surface area contributed by atoms with Crippen LogP contribution in [0.3, 0.4) is 0 Å². The normalized spacial score (nSPS) is 11.8. The second-order valence-electron chi connectivity index (χ2n) is 8.24. The lowest BCUT2D eigenvalue weighted by atomic mass is 10.1. The van der Waals surface area contributed by atoms with Gasteiger partial charge in [0, 0.05) is 6.04 Å². The lowest BCUT2D eigenvalue weighted by molar-refractivity contribution is -0.114. The molecule has 0 fully saturated rings. The van der Waals surface area contributed by atoms with Gasteiger partial charge >= 0.3 is 0 Å². The third-order valence-corrected chi connectivity index (χ3v) is 7.50. The van der Waals surface area contributed by atoms with Crippen LogP contribution in [0.5, 0.6) is 11.5 Å². The van der Waals surface area contributed by atoms with Crippen LogP contribution in [0.1, 0.15) is 30.6 Å². The summed E-state index contributed by atoms with van der Waals surface area (Å²) in [6, 6.07) is 18.9. The zero-order valence-electron chi connectivity index (χ0n) is 21.2. The van der Waals surface area contributed by atoms with Crippen LogP contribution in [-0.4, -0.2) is 47.0 Å². The van der Waals surface area contributed by atoms with Gasteiger partial charge in [-0.1, -0.05) is 31.2 Å². The number of carbonyl (C=O) groups is 2. The zero-order chi connectivity index (χ0) is 27.0. The molecule has 9 nitrogen and oxygen atoms in total. The van der Waals surface area contributed by atoms with Crippen molar-refractivity contribution in [3.8, 4) is 11.5 Å². The van der Waals surface area contributed by atoms with Crippen molar-refractivity contribution in [1.29, 1.82) is 0 Å². The van der Waals surface area contributed by atoms with E-state index < -0.39 is 22.5 Å². The molecule has 0 spiro atoms. The minimum atomic E-state index is -4.19. The molecule has 37 heavy (non-hydrogen) atoms. The monoisotopic (exact) mass is 525 g/mol. The number of para-hydroxylation sites is 3. The number of nitrogens with zero attached hydrogens (tertiary/aromatic N) is 1. The van der Waals surface area contributed by atoms with Crippen molar-refractivity contribution in [2.45, 2.75) is 31.2 Å². The number of ether oxygens (including phenoxy) is 2. The number of hydrogen-bond acceptors (Lipinski definition) is 6. The molecule has 2 amide bonds. The molecule has 0 aromatic heterocycles. The van der Waals surface area contributed by atoms with Crippen molar-refractivity contribution in [2.24, 2.45) is 0 Å². The molecular weight excluding hydrogens is 494 g/mol. The first-order chi connectivity index (χ1) is 17.7. The minimum Gasteiger partial charge on any atom is -0.497 e. The summed E-state index contributed by atoms with van der Waals surface area (Å²) in [5.74, 6) is -0.196. The number of methoxy groups -OCH3 is 2. The fourth-order valence-corrected chi connectivity index (χ4v) is 4.96. The van der Waals surface area contributed by atoms with Gasteiger partial charge in [0.2, 0.25) is 5.91 Å². The van der Waals surface area contributed by atoms with Gasteiger partial charge in [-0.15, -0.1) is 0 Å². The Hall–Kier alpha value is -4.05. The number of amides is 2. The molecule has 2 N–H and O–H groups in total. The first-order valence-corrected chi connectivity index (χ1v) is 13.1. The molecular formula is C27H31N3O6S. The predicted molar refractivity (Wildman–Crippen MR) is 143 cm³/mol. The van der Waals surface area contributed by atoms with Crippen molar-refractivity contribution >= 4 is 33.2 Å². The fourth-order valence-electron chi connectivity index (χ4n) is 3.52. The summed E-state index contributed by atoms with van der Waals surface area (Å²) in [5.41, 5.74) is 0.742. The molecule has 0 aliphatic heterocycles. The largest absolute Gasteiger partial charge is 0.497 e. The van der Waals surface area contributed by atoms with E-state index in [1.807, 2.05) is 13.8 Å². The molecule has 3 rings (SSSR count). The van der Waals surface area contributed by atoms with Crippen molar-refractivity contribution < 1.29 is 27.5 Å². The summed E-state index contributed by atoms with van der Waals surface area (Å²) in [6.45, 7) is 3.28. The quantitative estimate of drug-likeness (QED) is 0.390. The Morgan fingerprint density at radius 2 is 1.57 bits per heavy atom. The van der Waals surface area contributed by atoms with E-state index in [1.165, 1.54) is 38.5 Å². The molecule has 0 heterocycles. The molecule has 0 saturated carbocycles. The summed E-state index contributed by atoms with van der Waals surface area (Å²) < 4.78 is 38.9. The lowest BCUT2D eigenvalue weighted by Gasteiger charge is -2.26. The van der Waals surface area contributed by atoms with Crippen LogP contribution in [0.2, 0.25) is 0 Å². The highest BCUT2D eigenvalue weighted by Crippen LogP contribution is 2.32. The summed E-state index contributed by atoms with van der Waals surface area (Å²) in [6.07, 6.45) is 0.747. The number of anilines is 2. The van der Waals surface area contributed by atoms with Crippen molar-refractivity contribution in [1.82, 2.24) is 5.32 Å². The Morgan fingerprint density at radius 1 is 0.919 bits per heavy atom. The minimum absolute atomic E-state index is 0.0275. The van der Waals surface area contributed by atoms with E-state index in [0.29, 0.717) is 5.75 Å². The highest BCUT2D eigenvalue weighted by atomic mass is 32.2. The number of rotatable bonds is 11. The summed E-state index contributed by atoms with van der Waals surface area (Å²) in [5, 5.41) is 5.57. The van der Waals surface area contributed by atoms with E-state index in [-0.39, 0.29) is 39.5 Å². The maximum atomic E-state index is 13.7. The van der Waals surface area contributed by atoms with Gasteiger partial charge in [0.15, 0.2) is 0 Å². The van der Waals surface area contributed by atoms with E-state index in [9.17, 15) is 18.0 Å². The van der Waals surface area contributed by atoms with E-state index >= 15 is 0 Å². The molecule has 3 aromatic carbocycles. The zero-order valence-corrected chi connectivity index (χ0v) is 22.0. The van der Waals surface area contributed by atoms with Gasteiger partial charge < -0.3 is 20.1 Å². The maximum absolute atomic E-state index is 13.7. The molecule has 0 unspecified atom stereocenters. The highest BCUT2D eigenvalue weighted by molar-refractivity contribution is 7.92. The molecule has 0 aliphatic rings. The smallest absolute Gasteiger partial charge is 0.264 e. The summed E-state index contributed by atoms with van der Waals surface area (Å²) in [7, 11) is -1.29. The lowest BCUT2D eigenvalue weighted by Crippen LogP contribution is -2.39. The van der Waals surface area contributed by atoms with Crippen LogP contribution >= 0.6 is 0 Å². The second kappa shape index (κ2) is 12.3. The van der Waals surface area contributed by atoms with Crippen molar-refractivity contribution in [3.05, 3.63) is 78.4 Å². The van der Waals surface area contributed by atoms with Crippen LogP contribution in [0, 0.1) is 0 Å². The maximum Gasteiger partial charge on any atom is 0.264 e. The van der Waals surface area contributed by atoms with Gasteiger partial charge in [-0.25, -0.2) is 8.42 Å². The number of carbonyl (C=O) groups excluding carboxylic acids is 2. The second-order valence-corrected chi connectivity index (χ2v) is 10.1. The number of hydrogen-bond donors (Lipinski definition) is 2. The van der Waals surface area contributed by atoms with E-state index in [1.54, 1.807) is 48.5 Å². The van der Waals surface area contributed by atoms with Gasteiger partial charge in [0.05, 0.1) is 36.1 Å². The number of sulfonamides is 1. The van der Waals surface area contributed by atoms with Crippen LogP contribution in [-0.2, 0) is 14.8 Å². The van der Waals surface area contributed by atoms with Gasteiger partial charge in [-0.05, 0) is 61.9 Å². The van der Waals surface area contributed by atoms with E-state index in [2.05, 4.69) is 10.6 Å². The molecule has 0 bridgehead atoms. The van der Waals surface area contributed by atoms with Crippen LogP contribution in [0.4, 0.5) is 11.4 Å². The molecule has 10 heteroatoms. The molecule has 196 valence electrons. The Kier molecular flexibility index (Phi) is 9.13. The SMILES string of the molecule is CC[C@H](C)NC(=O)c1ccccc1NC(=O)CN(c1ccccc1OC)S(=O)(=O)c1ccc(OC)cc1. The Balaban J connectivity index is 1.96. The highest BCUT2D eigenvalue weighted by Gasteiger charge is 2.30. The van der Waals surface area contributed by atoms with Crippen molar-refractivity contribution in [2.75, 3.05) is 30.4 Å². The molecule has 0 aliphatic carbocycles. The fraction of sp³-hybridized carbons (Fsp3) is 0.259. The van der Waals surface area contributed by atoms with Crippen molar-refractivity contribution in [3.63, 3.8) is 0 Å². The van der Waals surface area contributed by atoms with Gasteiger partial charge in [0.25, 0.3) is 15.9 Å². The van der Waals surface area contributed by atoms with Gasteiger partial charge in [-0.2, -0.15) is 0 Å². The van der Waals surface area contributed by atoms with E-state index in [0.717, 1.165) is 10.7 Å². The van der Waals surface area contributed by atoms with Gasteiger partial charge in [0.1, 0.15) is 18.0 Å². The Bertz CT molecular complexity index is 1340. The third-order valence-electron chi connectivity index (χ3n) is 5.72. The molecule has 3 aromatic rings. The number of nitrogens with one attached hydrogen (secondary N) is 2. The van der Waals surface area contributed by atoms with Crippen LogP contribution < -0.4 is 24.4 Å². The summed E-state index contributed by atoms with van der Waals surface area (Å²) in [4.78, 5) is 25.9. The van der Waals surface area contributed by atoms with E-state index in [4.69, 9.17) is 9.47 Å². The van der Waals surface area contributed by atoms with Gasteiger partial charge in [-0.3, -0.25) is 13.9 Å². The standard InChI is InChI=1S/C27H31N3O6S/c1-5-19(2)28-27(32)22-10-6-7-11-23(22)29-26(31)18-30(24-12-8-9-13-25(24)36-4)37(33,34)21-16-14-20(35-3)15-17-21/h6-17,19H,5,18H2,1-4H3,(H,28,32)(H,29,31)/t19-/m0/s1.